The van der Waals surface area contributed by atoms with Gasteiger partial charge < -0.3 is 15.2 Å². The van der Waals surface area contributed by atoms with Crippen molar-refractivity contribution in [2.24, 2.45) is 0 Å². The van der Waals surface area contributed by atoms with Crippen molar-refractivity contribution in [3.8, 4) is 11.3 Å². The number of rotatable bonds is 3. The normalized spacial score (nSPS) is 18.4. The first-order valence-electron chi connectivity index (χ1n) is 6.21. The van der Waals surface area contributed by atoms with Gasteiger partial charge >= 0.3 is 0 Å². The lowest BCUT2D eigenvalue weighted by molar-refractivity contribution is 0.0931. The molecule has 3 rings (SSSR count). The lowest BCUT2D eigenvalue weighted by Crippen LogP contribution is -2.36. The zero-order chi connectivity index (χ0) is 13.1. The van der Waals surface area contributed by atoms with Gasteiger partial charge in [0.15, 0.2) is 11.5 Å². The highest BCUT2D eigenvalue weighted by atomic mass is 16.5. The molecule has 1 fully saturated rings. The fourth-order valence-corrected chi connectivity index (χ4v) is 2.07. The minimum atomic E-state index is -0.197. The zero-order valence-electron chi connectivity index (χ0n) is 10.3. The van der Waals surface area contributed by atoms with Gasteiger partial charge in [-0.2, -0.15) is 0 Å². The molecule has 19 heavy (non-hydrogen) atoms. The van der Waals surface area contributed by atoms with Crippen LogP contribution in [0.15, 0.2) is 35.1 Å². The van der Waals surface area contributed by atoms with E-state index >= 15 is 0 Å². The average Bonchev–Trinajstić information content (AvgIpc) is 3.10. The predicted octanol–water partition coefficient (Wildman–Crippen LogP) is 0.828. The van der Waals surface area contributed by atoms with E-state index in [2.05, 4.69) is 20.8 Å². The van der Waals surface area contributed by atoms with Crippen molar-refractivity contribution in [1.29, 1.82) is 0 Å². The van der Waals surface area contributed by atoms with Gasteiger partial charge in [0.2, 0.25) is 0 Å². The third-order valence-electron chi connectivity index (χ3n) is 3.10. The zero-order valence-corrected chi connectivity index (χ0v) is 10.3. The Morgan fingerprint density at radius 1 is 1.42 bits per heavy atom. The largest absolute Gasteiger partial charge is 0.355 e. The minimum absolute atomic E-state index is 0.175. The first-order valence-corrected chi connectivity index (χ1v) is 6.21. The van der Waals surface area contributed by atoms with Crippen molar-refractivity contribution >= 4 is 5.91 Å². The number of pyridine rings is 1. The van der Waals surface area contributed by atoms with E-state index in [0.717, 1.165) is 25.1 Å². The van der Waals surface area contributed by atoms with Gasteiger partial charge in [-0.25, -0.2) is 0 Å². The average molecular weight is 258 g/mol. The highest BCUT2D eigenvalue weighted by molar-refractivity contribution is 5.93. The summed E-state index contributed by atoms with van der Waals surface area (Å²) >= 11 is 0. The molecule has 1 aliphatic rings. The summed E-state index contributed by atoms with van der Waals surface area (Å²) < 4.78 is 5.18. The smallest absolute Gasteiger partial charge is 0.273 e. The van der Waals surface area contributed by atoms with E-state index in [9.17, 15) is 4.79 Å². The SMILES string of the molecule is O=C(NC1CCNC1)c1cc(-c2ccncc2)on1. The van der Waals surface area contributed by atoms with E-state index in [1.165, 1.54) is 0 Å². The van der Waals surface area contributed by atoms with Crippen molar-refractivity contribution in [3.63, 3.8) is 0 Å². The second kappa shape index (κ2) is 5.19. The molecule has 0 saturated carbocycles. The molecule has 2 aromatic rings. The van der Waals surface area contributed by atoms with Gasteiger partial charge in [-0.3, -0.25) is 9.78 Å². The number of aromatic nitrogens is 2. The van der Waals surface area contributed by atoms with E-state index in [-0.39, 0.29) is 11.9 Å². The van der Waals surface area contributed by atoms with Crippen LogP contribution in [0.1, 0.15) is 16.9 Å². The second-order valence-electron chi connectivity index (χ2n) is 4.48. The topological polar surface area (TPSA) is 80.0 Å². The maximum Gasteiger partial charge on any atom is 0.273 e. The summed E-state index contributed by atoms with van der Waals surface area (Å²) in [6.45, 7) is 1.74. The molecule has 0 aromatic carbocycles. The van der Waals surface area contributed by atoms with Crippen LogP contribution in [0, 0.1) is 0 Å². The van der Waals surface area contributed by atoms with Crippen molar-refractivity contribution in [1.82, 2.24) is 20.8 Å². The summed E-state index contributed by atoms with van der Waals surface area (Å²) in [6.07, 6.45) is 4.28. The lowest BCUT2D eigenvalue weighted by Gasteiger charge is -2.08. The monoisotopic (exact) mass is 258 g/mol. The van der Waals surface area contributed by atoms with Crippen LogP contribution in [-0.2, 0) is 0 Å². The summed E-state index contributed by atoms with van der Waals surface area (Å²) in [7, 11) is 0. The molecule has 1 atom stereocenters. The van der Waals surface area contributed by atoms with Gasteiger partial charge in [-0.1, -0.05) is 5.16 Å². The third kappa shape index (κ3) is 2.63. The standard InChI is InChI=1S/C13H14N4O2/c18-13(16-10-3-6-15-8-10)11-7-12(19-17-11)9-1-4-14-5-2-9/h1-2,4-5,7,10,15H,3,6,8H2,(H,16,18). The predicted molar refractivity (Wildman–Crippen MR) is 68.5 cm³/mol. The summed E-state index contributed by atoms with van der Waals surface area (Å²) in [5, 5.41) is 9.93. The number of amides is 1. The molecule has 0 aliphatic carbocycles. The Kier molecular flexibility index (Phi) is 3.24. The molecule has 2 N–H and O–H groups in total. The quantitative estimate of drug-likeness (QED) is 0.852. The lowest BCUT2D eigenvalue weighted by atomic mass is 10.2. The molecular formula is C13H14N4O2. The van der Waals surface area contributed by atoms with E-state index in [0.29, 0.717) is 11.5 Å². The number of hydrogen-bond acceptors (Lipinski definition) is 5. The Morgan fingerprint density at radius 3 is 3.00 bits per heavy atom. The molecule has 6 nitrogen and oxygen atoms in total. The molecule has 1 amide bonds. The molecule has 0 radical (unpaired) electrons. The van der Waals surface area contributed by atoms with Gasteiger partial charge in [0.05, 0.1) is 0 Å². The summed E-state index contributed by atoms with van der Waals surface area (Å²) in [6, 6.07) is 5.44. The van der Waals surface area contributed by atoms with Crippen LogP contribution in [-0.4, -0.2) is 35.2 Å². The molecule has 98 valence electrons. The van der Waals surface area contributed by atoms with Gasteiger partial charge in [-0.15, -0.1) is 0 Å². The number of carbonyl (C=O) groups is 1. The van der Waals surface area contributed by atoms with E-state index < -0.39 is 0 Å². The van der Waals surface area contributed by atoms with Crippen molar-refractivity contribution < 1.29 is 9.32 Å². The highest BCUT2D eigenvalue weighted by Crippen LogP contribution is 2.19. The molecule has 2 aromatic heterocycles. The van der Waals surface area contributed by atoms with Crippen LogP contribution in [0.2, 0.25) is 0 Å². The van der Waals surface area contributed by atoms with E-state index in [1.807, 2.05) is 12.1 Å². The van der Waals surface area contributed by atoms with Gasteiger partial charge in [0.1, 0.15) is 0 Å². The Hall–Kier alpha value is -2.21. The van der Waals surface area contributed by atoms with Crippen molar-refractivity contribution in [2.75, 3.05) is 13.1 Å². The first-order chi connectivity index (χ1) is 9.33. The maximum absolute atomic E-state index is 12.0. The van der Waals surface area contributed by atoms with Crippen LogP contribution in [0.5, 0.6) is 0 Å². The molecule has 1 aliphatic heterocycles. The summed E-state index contributed by atoms with van der Waals surface area (Å²) in [5.41, 5.74) is 1.16. The number of carbonyl (C=O) groups excluding carboxylic acids is 1. The van der Waals surface area contributed by atoms with Crippen LogP contribution in [0.3, 0.4) is 0 Å². The molecule has 0 spiro atoms. The Bertz CT molecular complexity index is 561. The fraction of sp³-hybridized carbons (Fsp3) is 0.308. The Labute approximate surface area is 110 Å². The highest BCUT2D eigenvalue weighted by Gasteiger charge is 2.20. The fourth-order valence-electron chi connectivity index (χ4n) is 2.07. The molecule has 1 unspecified atom stereocenters. The second-order valence-corrected chi connectivity index (χ2v) is 4.48. The summed E-state index contributed by atoms with van der Waals surface area (Å²) in [5.74, 6) is 0.370. The molecule has 1 saturated heterocycles. The molecule has 6 heteroatoms. The first kappa shape index (κ1) is 11.9. The molecule has 3 heterocycles. The Morgan fingerprint density at radius 2 is 2.26 bits per heavy atom. The van der Waals surface area contributed by atoms with E-state index in [4.69, 9.17) is 4.52 Å². The van der Waals surface area contributed by atoms with Crippen LogP contribution in [0.25, 0.3) is 11.3 Å². The van der Waals surface area contributed by atoms with Crippen LogP contribution in [0.4, 0.5) is 0 Å². The maximum atomic E-state index is 12.0. The minimum Gasteiger partial charge on any atom is -0.355 e. The van der Waals surface area contributed by atoms with E-state index in [1.54, 1.807) is 18.5 Å². The summed E-state index contributed by atoms with van der Waals surface area (Å²) in [4.78, 5) is 15.9. The van der Waals surface area contributed by atoms with Crippen molar-refractivity contribution in [2.45, 2.75) is 12.5 Å². The molecule has 0 bridgehead atoms. The van der Waals surface area contributed by atoms with Gasteiger partial charge in [0.25, 0.3) is 5.91 Å². The van der Waals surface area contributed by atoms with Gasteiger partial charge in [-0.05, 0) is 25.1 Å². The van der Waals surface area contributed by atoms with Crippen molar-refractivity contribution in [3.05, 3.63) is 36.3 Å². The molecular weight excluding hydrogens is 244 g/mol. The van der Waals surface area contributed by atoms with Crippen LogP contribution < -0.4 is 10.6 Å². The van der Waals surface area contributed by atoms with Gasteiger partial charge in [0, 0.05) is 36.6 Å². The van der Waals surface area contributed by atoms with Crippen LogP contribution >= 0.6 is 0 Å². The number of nitrogens with one attached hydrogen (secondary N) is 2. The number of hydrogen-bond donors (Lipinski definition) is 2. The Balaban J connectivity index is 1.72. The third-order valence-corrected chi connectivity index (χ3v) is 3.10. The number of nitrogens with zero attached hydrogens (tertiary/aromatic N) is 2.